The van der Waals surface area contributed by atoms with Crippen molar-refractivity contribution in [3.05, 3.63) is 82.0 Å². The standard InChI is InChI=1S/C30H33N5O2S/c1-3-33-14-13-24-25(20-33)38-29-27(24)28(31-26(32-29)19-21-7-5-4-6-8-21)34-15-17-35(18-16-34)30(36)22-9-11-23(37-2)12-10-22/h4-12H,3,13-20H2,1-2H3. The van der Waals surface area contributed by atoms with Crippen molar-refractivity contribution < 1.29 is 9.53 Å². The Morgan fingerprint density at radius 1 is 0.974 bits per heavy atom. The molecule has 7 nitrogen and oxygen atoms in total. The number of nitrogens with zero attached hydrogens (tertiary/aromatic N) is 5. The number of anilines is 1. The second-order valence-corrected chi connectivity index (χ2v) is 11.0. The topological polar surface area (TPSA) is 61.8 Å². The summed E-state index contributed by atoms with van der Waals surface area (Å²) in [6.07, 6.45) is 1.75. The molecule has 38 heavy (non-hydrogen) atoms. The van der Waals surface area contributed by atoms with Gasteiger partial charge in [0.1, 0.15) is 22.2 Å². The van der Waals surface area contributed by atoms with Crippen molar-refractivity contribution in [1.82, 2.24) is 19.8 Å². The predicted octanol–water partition coefficient (Wildman–Crippen LogP) is 4.63. The molecule has 2 aromatic carbocycles. The van der Waals surface area contributed by atoms with Crippen LogP contribution in [0.25, 0.3) is 10.2 Å². The molecule has 0 atom stereocenters. The van der Waals surface area contributed by atoms with E-state index >= 15 is 0 Å². The van der Waals surface area contributed by atoms with Gasteiger partial charge in [-0.1, -0.05) is 37.3 Å². The number of carbonyl (C=O) groups is 1. The highest BCUT2D eigenvalue weighted by molar-refractivity contribution is 7.19. The van der Waals surface area contributed by atoms with E-state index in [0.717, 1.165) is 61.4 Å². The van der Waals surface area contributed by atoms with Gasteiger partial charge in [-0.2, -0.15) is 0 Å². The Bertz CT molecular complexity index is 1430. The number of piperazine rings is 1. The van der Waals surface area contributed by atoms with Gasteiger partial charge in [0, 0.05) is 56.1 Å². The van der Waals surface area contributed by atoms with Gasteiger partial charge in [0.25, 0.3) is 5.91 Å². The first-order chi connectivity index (χ1) is 18.6. The number of amides is 1. The molecular weight excluding hydrogens is 494 g/mol. The number of rotatable bonds is 6. The van der Waals surface area contributed by atoms with Gasteiger partial charge in [-0.05, 0) is 48.4 Å². The molecule has 0 saturated carbocycles. The molecule has 1 fully saturated rings. The molecule has 0 spiro atoms. The van der Waals surface area contributed by atoms with E-state index in [0.29, 0.717) is 25.1 Å². The SMILES string of the molecule is CCN1CCc2c(sc3nc(Cc4ccccc4)nc(N4CCN(C(=O)c5ccc(OC)cc5)CC4)c23)C1. The fourth-order valence-electron chi connectivity index (χ4n) is 5.47. The van der Waals surface area contributed by atoms with E-state index in [1.165, 1.54) is 21.4 Å². The third-order valence-electron chi connectivity index (χ3n) is 7.66. The highest BCUT2D eigenvalue weighted by atomic mass is 32.1. The number of likely N-dealkylation sites (N-methyl/N-ethyl adjacent to an activating group) is 1. The van der Waals surface area contributed by atoms with Gasteiger partial charge in [-0.25, -0.2) is 9.97 Å². The maximum atomic E-state index is 13.2. The van der Waals surface area contributed by atoms with Crippen molar-refractivity contribution in [3.63, 3.8) is 0 Å². The van der Waals surface area contributed by atoms with E-state index < -0.39 is 0 Å². The molecule has 6 rings (SSSR count). The Kier molecular flexibility index (Phi) is 7.00. The molecule has 1 amide bonds. The number of carbonyl (C=O) groups excluding carboxylic acids is 1. The molecular formula is C30H33N5O2S. The van der Waals surface area contributed by atoms with Crippen LogP contribution >= 0.6 is 11.3 Å². The van der Waals surface area contributed by atoms with Crippen LogP contribution in [0, 0.1) is 0 Å². The zero-order valence-corrected chi connectivity index (χ0v) is 22.8. The molecule has 8 heteroatoms. The van der Waals surface area contributed by atoms with Gasteiger partial charge < -0.3 is 14.5 Å². The van der Waals surface area contributed by atoms with E-state index in [2.05, 4.69) is 41.0 Å². The van der Waals surface area contributed by atoms with Crippen LogP contribution in [0.1, 0.15) is 39.1 Å². The van der Waals surface area contributed by atoms with Crippen LogP contribution in [0.4, 0.5) is 5.82 Å². The second kappa shape index (κ2) is 10.7. The zero-order valence-electron chi connectivity index (χ0n) is 22.0. The molecule has 196 valence electrons. The summed E-state index contributed by atoms with van der Waals surface area (Å²) >= 11 is 1.83. The van der Waals surface area contributed by atoms with Crippen molar-refractivity contribution in [2.45, 2.75) is 26.3 Å². The van der Waals surface area contributed by atoms with Crippen molar-refractivity contribution in [3.8, 4) is 5.75 Å². The van der Waals surface area contributed by atoms with E-state index in [1.54, 1.807) is 7.11 Å². The molecule has 0 radical (unpaired) electrons. The average Bonchev–Trinajstić information content (AvgIpc) is 3.34. The largest absolute Gasteiger partial charge is 0.497 e. The number of thiophene rings is 1. The molecule has 0 aliphatic carbocycles. The predicted molar refractivity (Wildman–Crippen MR) is 152 cm³/mol. The van der Waals surface area contributed by atoms with E-state index in [1.807, 2.05) is 46.6 Å². The highest BCUT2D eigenvalue weighted by Crippen LogP contribution is 2.39. The number of aromatic nitrogens is 2. The fraction of sp³-hybridized carbons (Fsp3) is 0.367. The first-order valence-electron chi connectivity index (χ1n) is 13.4. The van der Waals surface area contributed by atoms with E-state index in [4.69, 9.17) is 14.7 Å². The fourth-order valence-corrected chi connectivity index (χ4v) is 6.74. The minimum atomic E-state index is 0.0671. The minimum Gasteiger partial charge on any atom is -0.497 e. The number of hydrogen-bond donors (Lipinski definition) is 0. The summed E-state index contributed by atoms with van der Waals surface area (Å²) in [5.41, 5.74) is 3.33. The van der Waals surface area contributed by atoms with Crippen molar-refractivity contribution in [2.75, 3.05) is 51.3 Å². The number of methoxy groups -OCH3 is 1. The summed E-state index contributed by atoms with van der Waals surface area (Å²) in [6.45, 7) is 8.20. The van der Waals surface area contributed by atoms with Gasteiger partial charge in [-0.15, -0.1) is 11.3 Å². The number of benzene rings is 2. The molecule has 0 N–H and O–H groups in total. The average molecular weight is 528 g/mol. The Morgan fingerprint density at radius 3 is 2.45 bits per heavy atom. The molecule has 1 saturated heterocycles. The first kappa shape index (κ1) is 24.8. The van der Waals surface area contributed by atoms with Gasteiger partial charge in [-0.3, -0.25) is 9.69 Å². The van der Waals surface area contributed by atoms with Gasteiger partial charge in [0.15, 0.2) is 0 Å². The molecule has 4 aromatic rings. The maximum Gasteiger partial charge on any atom is 0.253 e. The third kappa shape index (κ3) is 4.86. The molecule has 4 heterocycles. The number of fused-ring (bicyclic) bond motifs is 3. The van der Waals surface area contributed by atoms with Crippen LogP contribution in [0.5, 0.6) is 5.75 Å². The van der Waals surface area contributed by atoms with Crippen LogP contribution in [0.15, 0.2) is 54.6 Å². The molecule has 0 unspecified atom stereocenters. The number of ether oxygens (including phenoxy) is 1. The quantitative estimate of drug-likeness (QED) is 0.364. The Morgan fingerprint density at radius 2 is 1.74 bits per heavy atom. The second-order valence-electron chi connectivity index (χ2n) is 9.94. The van der Waals surface area contributed by atoms with Gasteiger partial charge in [0.05, 0.1) is 12.5 Å². The highest BCUT2D eigenvalue weighted by Gasteiger charge is 2.29. The Labute approximate surface area is 227 Å². The summed E-state index contributed by atoms with van der Waals surface area (Å²) in [4.78, 5) is 32.7. The molecule has 0 bridgehead atoms. The van der Waals surface area contributed by atoms with Crippen molar-refractivity contribution in [1.29, 1.82) is 0 Å². The van der Waals surface area contributed by atoms with Gasteiger partial charge in [0.2, 0.25) is 0 Å². The first-order valence-corrected chi connectivity index (χ1v) is 14.2. The Balaban J connectivity index is 1.29. The lowest BCUT2D eigenvalue weighted by Gasteiger charge is -2.36. The van der Waals surface area contributed by atoms with Crippen LogP contribution in [0.2, 0.25) is 0 Å². The molecule has 2 aliphatic rings. The zero-order chi connectivity index (χ0) is 26.1. The normalized spacial score (nSPS) is 16.1. The van der Waals surface area contributed by atoms with Crippen molar-refractivity contribution >= 4 is 33.3 Å². The summed E-state index contributed by atoms with van der Waals surface area (Å²) in [5, 5.41) is 1.23. The summed E-state index contributed by atoms with van der Waals surface area (Å²) in [5.74, 6) is 2.73. The lowest BCUT2D eigenvalue weighted by Crippen LogP contribution is -2.49. The lowest BCUT2D eigenvalue weighted by atomic mass is 10.0. The van der Waals surface area contributed by atoms with Crippen LogP contribution in [-0.2, 0) is 19.4 Å². The van der Waals surface area contributed by atoms with Crippen LogP contribution < -0.4 is 9.64 Å². The minimum absolute atomic E-state index is 0.0671. The van der Waals surface area contributed by atoms with E-state index in [9.17, 15) is 4.79 Å². The monoisotopic (exact) mass is 527 g/mol. The van der Waals surface area contributed by atoms with Crippen molar-refractivity contribution in [2.24, 2.45) is 0 Å². The summed E-state index contributed by atoms with van der Waals surface area (Å²) in [6, 6.07) is 17.8. The summed E-state index contributed by atoms with van der Waals surface area (Å²) < 4.78 is 5.24. The number of hydrogen-bond acceptors (Lipinski definition) is 7. The van der Waals surface area contributed by atoms with Gasteiger partial charge >= 0.3 is 0 Å². The molecule has 2 aliphatic heterocycles. The van der Waals surface area contributed by atoms with Crippen LogP contribution in [0.3, 0.4) is 0 Å². The molecule has 2 aromatic heterocycles. The maximum absolute atomic E-state index is 13.2. The lowest BCUT2D eigenvalue weighted by molar-refractivity contribution is 0.0746. The third-order valence-corrected chi connectivity index (χ3v) is 8.77. The summed E-state index contributed by atoms with van der Waals surface area (Å²) in [7, 11) is 1.63. The van der Waals surface area contributed by atoms with E-state index in [-0.39, 0.29) is 5.91 Å². The smallest absolute Gasteiger partial charge is 0.253 e. The Hall–Kier alpha value is -3.49. The van der Waals surface area contributed by atoms with Crippen LogP contribution in [-0.4, -0.2) is 72.1 Å².